The number of rotatable bonds is 9. The van der Waals surface area contributed by atoms with Crippen molar-refractivity contribution in [3.8, 4) is 0 Å². The van der Waals surface area contributed by atoms with E-state index in [1.165, 1.54) is 30.9 Å². The molecule has 0 saturated carbocycles. The highest BCUT2D eigenvalue weighted by atomic mass is 16.5. The number of carbonyl (C=O) groups is 2. The first-order valence-corrected chi connectivity index (χ1v) is 10.8. The van der Waals surface area contributed by atoms with Crippen molar-refractivity contribution in [3.05, 3.63) is 81.7 Å². The molecule has 0 radical (unpaired) electrons. The SMILES string of the molecule is CCCCCc1ccc(C=CC(=O)Nc2cccc3c(=O)cc(C(=O)OCC)oc23)cc1. The third kappa shape index (κ3) is 5.94. The molecule has 0 atom stereocenters. The second kappa shape index (κ2) is 11.1. The molecule has 6 heteroatoms. The molecule has 1 amide bonds. The lowest BCUT2D eigenvalue weighted by Gasteiger charge is -2.07. The van der Waals surface area contributed by atoms with E-state index in [1.54, 1.807) is 31.2 Å². The van der Waals surface area contributed by atoms with E-state index >= 15 is 0 Å². The van der Waals surface area contributed by atoms with Gasteiger partial charge in [0.25, 0.3) is 0 Å². The number of hydrogen-bond acceptors (Lipinski definition) is 5. The number of esters is 1. The van der Waals surface area contributed by atoms with Crippen molar-refractivity contribution in [1.82, 2.24) is 0 Å². The van der Waals surface area contributed by atoms with Crippen molar-refractivity contribution in [3.63, 3.8) is 0 Å². The average molecular weight is 434 g/mol. The third-order valence-electron chi connectivity index (χ3n) is 4.97. The number of carbonyl (C=O) groups excluding carboxylic acids is 2. The van der Waals surface area contributed by atoms with Gasteiger partial charge >= 0.3 is 5.97 Å². The predicted octanol–water partition coefficient (Wildman–Crippen LogP) is 5.35. The number of nitrogens with one attached hydrogen (secondary N) is 1. The Balaban J connectivity index is 1.75. The van der Waals surface area contributed by atoms with Crippen molar-refractivity contribution < 1.29 is 18.7 Å². The Labute approximate surface area is 186 Å². The van der Waals surface area contributed by atoms with E-state index < -0.39 is 5.97 Å². The molecule has 1 N–H and O–H groups in total. The summed E-state index contributed by atoms with van der Waals surface area (Å²) in [6.45, 7) is 4.00. The molecule has 2 aromatic carbocycles. The van der Waals surface area contributed by atoms with Crippen LogP contribution in [0, 0.1) is 0 Å². The van der Waals surface area contributed by atoms with E-state index in [0.29, 0.717) is 5.69 Å². The van der Waals surface area contributed by atoms with E-state index in [2.05, 4.69) is 24.4 Å². The van der Waals surface area contributed by atoms with Crippen LogP contribution in [0.1, 0.15) is 54.8 Å². The zero-order chi connectivity index (χ0) is 22.9. The van der Waals surface area contributed by atoms with Crippen molar-refractivity contribution >= 4 is 34.6 Å². The van der Waals surface area contributed by atoms with Crippen LogP contribution in [-0.2, 0) is 16.0 Å². The van der Waals surface area contributed by atoms with Crippen LogP contribution in [0.2, 0.25) is 0 Å². The van der Waals surface area contributed by atoms with Gasteiger partial charge in [-0.3, -0.25) is 9.59 Å². The summed E-state index contributed by atoms with van der Waals surface area (Å²) in [5.74, 6) is -1.32. The molecule has 1 aromatic heterocycles. The van der Waals surface area contributed by atoms with Gasteiger partial charge in [0.15, 0.2) is 11.0 Å². The maximum absolute atomic E-state index is 12.5. The molecule has 1 heterocycles. The molecule has 6 nitrogen and oxygen atoms in total. The highest BCUT2D eigenvalue weighted by Crippen LogP contribution is 2.23. The highest BCUT2D eigenvalue weighted by Gasteiger charge is 2.15. The van der Waals surface area contributed by atoms with Crippen LogP contribution < -0.4 is 10.7 Å². The molecular formula is C26H27NO5. The standard InChI is InChI=1S/C26H27NO5/c1-3-5-6-8-18-11-13-19(14-12-18)15-16-24(29)27-21-10-7-9-20-22(28)17-23(32-25(20)21)26(30)31-4-2/h7,9-17H,3-6,8H2,1-2H3,(H,27,29). The predicted molar refractivity (Wildman–Crippen MR) is 126 cm³/mol. The van der Waals surface area contributed by atoms with E-state index in [4.69, 9.17) is 9.15 Å². The average Bonchev–Trinajstić information content (AvgIpc) is 2.79. The molecule has 0 saturated heterocycles. The lowest BCUT2D eigenvalue weighted by Crippen LogP contribution is -2.12. The van der Waals surface area contributed by atoms with Crippen LogP contribution in [-0.4, -0.2) is 18.5 Å². The van der Waals surface area contributed by atoms with Gasteiger partial charge in [0.05, 0.1) is 17.7 Å². The number of fused-ring (bicyclic) bond motifs is 1. The van der Waals surface area contributed by atoms with Gasteiger partial charge in [-0.2, -0.15) is 0 Å². The Morgan fingerprint density at radius 2 is 1.84 bits per heavy atom. The minimum absolute atomic E-state index is 0.126. The molecule has 32 heavy (non-hydrogen) atoms. The number of para-hydroxylation sites is 1. The number of amides is 1. The molecular weight excluding hydrogens is 406 g/mol. The lowest BCUT2D eigenvalue weighted by atomic mass is 10.1. The molecule has 3 aromatic rings. The maximum Gasteiger partial charge on any atom is 0.374 e. The summed E-state index contributed by atoms with van der Waals surface area (Å²) < 4.78 is 10.5. The summed E-state index contributed by atoms with van der Waals surface area (Å²) in [6.07, 6.45) is 7.78. The Morgan fingerprint density at radius 3 is 2.56 bits per heavy atom. The molecule has 166 valence electrons. The Morgan fingerprint density at radius 1 is 1.06 bits per heavy atom. The second-order valence-electron chi connectivity index (χ2n) is 7.40. The van der Waals surface area contributed by atoms with E-state index in [1.807, 2.05) is 12.1 Å². The Bertz CT molecular complexity index is 1180. The first kappa shape index (κ1) is 23.0. The monoisotopic (exact) mass is 433 g/mol. The summed E-state index contributed by atoms with van der Waals surface area (Å²) in [7, 11) is 0. The number of aryl methyl sites for hydroxylation is 1. The summed E-state index contributed by atoms with van der Waals surface area (Å²) in [6, 6.07) is 14.0. The van der Waals surface area contributed by atoms with Gasteiger partial charge in [-0.15, -0.1) is 0 Å². The van der Waals surface area contributed by atoms with Gasteiger partial charge in [0.2, 0.25) is 11.7 Å². The van der Waals surface area contributed by atoms with E-state index in [-0.39, 0.29) is 34.7 Å². The van der Waals surface area contributed by atoms with Crippen molar-refractivity contribution in [2.24, 2.45) is 0 Å². The van der Waals surface area contributed by atoms with Crippen LogP contribution in [0.5, 0.6) is 0 Å². The molecule has 0 aliphatic heterocycles. The zero-order valence-corrected chi connectivity index (χ0v) is 18.4. The summed E-state index contributed by atoms with van der Waals surface area (Å²) >= 11 is 0. The Hall–Kier alpha value is -3.67. The summed E-state index contributed by atoms with van der Waals surface area (Å²) in [5.41, 5.74) is 2.23. The normalized spacial score (nSPS) is 11.1. The first-order chi connectivity index (χ1) is 15.5. The largest absolute Gasteiger partial charge is 0.460 e. The number of benzene rings is 2. The van der Waals surface area contributed by atoms with Gasteiger partial charge in [-0.05, 0) is 49.1 Å². The van der Waals surface area contributed by atoms with Crippen LogP contribution in [0.3, 0.4) is 0 Å². The van der Waals surface area contributed by atoms with E-state index in [0.717, 1.165) is 18.1 Å². The fourth-order valence-electron chi connectivity index (χ4n) is 3.30. The number of unbranched alkanes of at least 4 members (excludes halogenated alkanes) is 2. The molecule has 0 fully saturated rings. The number of hydrogen-bond donors (Lipinski definition) is 1. The third-order valence-corrected chi connectivity index (χ3v) is 4.97. The number of anilines is 1. The molecule has 0 spiro atoms. The van der Waals surface area contributed by atoms with Crippen molar-refractivity contribution in [2.75, 3.05) is 11.9 Å². The van der Waals surface area contributed by atoms with Gasteiger partial charge in [-0.1, -0.05) is 50.1 Å². The van der Waals surface area contributed by atoms with Gasteiger partial charge in [0, 0.05) is 12.1 Å². The minimum Gasteiger partial charge on any atom is -0.460 e. The Kier molecular flexibility index (Phi) is 7.97. The molecule has 0 aliphatic carbocycles. The van der Waals surface area contributed by atoms with Crippen molar-refractivity contribution in [1.29, 1.82) is 0 Å². The zero-order valence-electron chi connectivity index (χ0n) is 18.4. The van der Waals surface area contributed by atoms with Crippen LogP contribution >= 0.6 is 0 Å². The fraction of sp³-hybridized carbons (Fsp3) is 0.269. The molecule has 0 bridgehead atoms. The smallest absolute Gasteiger partial charge is 0.374 e. The number of ether oxygens (including phenoxy) is 1. The highest BCUT2D eigenvalue weighted by molar-refractivity contribution is 6.06. The quantitative estimate of drug-likeness (QED) is 0.279. The van der Waals surface area contributed by atoms with Gasteiger partial charge in [-0.25, -0.2) is 4.79 Å². The molecule has 0 aliphatic rings. The second-order valence-corrected chi connectivity index (χ2v) is 7.40. The van der Waals surface area contributed by atoms with Crippen molar-refractivity contribution in [2.45, 2.75) is 39.5 Å². The van der Waals surface area contributed by atoms with E-state index in [9.17, 15) is 14.4 Å². The van der Waals surface area contributed by atoms with Gasteiger partial charge in [0.1, 0.15) is 0 Å². The maximum atomic E-state index is 12.5. The van der Waals surface area contributed by atoms with Crippen LogP contribution in [0.15, 0.2) is 63.8 Å². The van der Waals surface area contributed by atoms with Crippen LogP contribution in [0.4, 0.5) is 5.69 Å². The lowest BCUT2D eigenvalue weighted by molar-refractivity contribution is -0.111. The first-order valence-electron chi connectivity index (χ1n) is 10.8. The fourth-order valence-corrected chi connectivity index (χ4v) is 3.30. The molecule has 3 rings (SSSR count). The topological polar surface area (TPSA) is 85.6 Å². The van der Waals surface area contributed by atoms with Crippen LogP contribution in [0.25, 0.3) is 17.0 Å². The summed E-state index contributed by atoms with van der Waals surface area (Å²) in [4.78, 5) is 36.8. The van der Waals surface area contributed by atoms with Gasteiger partial charge < -0.3 is 14.5 Å². The minimum atomic E-state index is -0.731. The summed E-state index contributed by atoms with van der Waals surface area (Å²) in [5, 5.41) is 2.98. The molecule has 0 unspecified atom stereocenters.